The Hall–Kier alpha value is -4.31. The molecule has 0 bridgehead atoms. The van der Waals surface area contributed by atoms with Crippen molar-refractivity contribution >= 4 is 23.3 Å². The van der Waals surface area contributed by atoms with E-state index >= 15 is 0 Å². The van der Waals surface area contributed by atoms with E-state index in [2.05, 4.69) is 27.0 Å². The number of nitrogens with zero attached hydrogens (tertiary/aromatic N) is 5. The highest BCUT2D eigenvalue weighted by atomic mass is 16.5. The van der Waals surface area contributed by atoms with Gasteiger partial charge in [0.2, 0.25) is 6.19 Å². The van der Waals surface area contributed by atoms with Crippen molar-refractivity contribution in [2.45, 2.75) is 19.3 Å². The molecule has 0 atom stereocenters. The molecule has 35 heavy (non-hydrogen) atoms. The Morgan fingerprint density at radius 1 is 0.886 bits per heavy atom. The number of benzene rings is 3. The average Bonchev–Trinajstić information content (AvgIpc) is 2.90. The molecule has 0 aliphatic carbocycles. The Morgan fingerprint density at radius 3 is 2.20 bits per heavy atom. The van der Waals surface area contributed by atoms with E-state index in [4.69, 9.17) is 10.00 Å². The number of ether oxygens (including phenoxy) is 1. The summed E-state index contributed by atoms with van der Waals surface area (Å²) < 4.78 is 5.83. The lowest BCUT2D eigenvalue weighted by molar-refractivity contribution is -0.218. The molecule has 0 aromatic heterocycles. The fourth-order valence-corrected chi connectivity index (χ4v) is 3.98. The van der Waals surface area contributed by atoms with Gasteiger partial charge in [-0.1, -0.05) is 48.5 Å². The Labute approximate surface area is 206 Å². The summed E-state index contributed by atoms with van der Waals surface area (Å²) in [5.74, 6) is 0.558. The molecule has 0 spiro atoms. The van der Waals surface area contributed by atoms with Crippen LogP contribution in [0.1, 0.15) is 18.4 Å². The minimum absolute atomic E-state index is 0.0926. The number of nitriles is 1. The molecule has 7 nitrogen and oxygen atoms in total. The minimum atomic E-state index is -0.0926. The van der Waals surface area contributed by atoms with Gasteiger partial charge in [0.25, 0.3) is 0 Å². The van der Waals surface area contributed by atoms with Gasteiger partial charge in [0.15, 0.2) is 0 Å². The molecule has 1 fully saturated rings. The quantitative estimate of drug-likeness (QED) is 0.297. The predicted molar refractivity (Wildman–Crippen MR) is 137 cm³/mol. The van der Waals surface area contributed by atoms with Crippen molar-refractivity contribution in [1.82, 2.24) is 4.90 Å². The molecule has 1 aliphatic rings. The van der Waals surface area contributed by atoms with Crippen molar-refractivity contribution in [3.05, 3.63) is 90.5 Å². The molecule has 0 radical (unpaired) electrons. The van der Waals surface area contributed by atoms with Gasteiger partial charge in [-0.25, -0.2) is 0 Å². The molecule has 4 rings (SSSR count). The van der Waals surface area contributed by atoms with E-state index in [0.717, 1.165) is 31.6 Å². The number of hydrogen-bond acceptors (Lipinski definition) is 6. The van der Waals surface area contributed by atoms with E-state index in [9.17, 15) is 5.11 Å². The number of para-hydroxylation sites is 1. The highest BCUT2D eigenvalue weighted by molar-refractivity contribution is 5.78. The maximum absolute atomic E-state index is 12.2. The third-order valence-electron chi connectivity index (χ3n) is 5.82. The largest absolute Gasteiger partial charge is 0.862 e. The van der Waals surface area contributed by atoms with Gasteiger partial charge in [-0.15, -0.1) is 4.99 Å². The summed E-state index contributed by atoms with van der Waals surface area (Å²) in [4.78, 5) is 12.4. The molecule has 3 aromatic carbocycles. The summed E-state index contributed by atoms with van der Waals surface area (Å²) in [6, 6.07) is 27.6. The lowest BCUT2D eigenvalue weighted by Gasteiger charge is -2.36. The van der Waals surface area contributed by atoms with Crippen LogP contribution in [0.15, 0.2) is 94.9 Å². The van der Waals surface area contributed by atoms with Gasteiger partial charge in [0.1, 0.15) is 5.75 Å². The average molecular weight is 467 g/mol. The topological polar surface area (TPSA) is 87.3 Å². The van der Waals surface area contributed by atoms with E-state index in [1.807, 2.05) is 83.9 Å². The second-order valence-electron chi connectivity index (χ2n) is 8.24. The Bertz CT molecular complexity index is 1160. The first-order valence-corrected chi connectivity index (χ1v) is 11.8. The molecule has 7 heteroatoms. The van der Waals surface area contributed by atoms with Gasteiger partial charge in [0, 0.05) is 31.9 Å². The number of rotatable bonds is 7. The van der Waals surface area contributed by atoms with E-state index in [1.165, 1.54) is 5.56 Å². The second kappa shape index (κ2) is 12.2. The Morgan fingerprint density at radius 2 is 1.54 bits per heavy atom. The standard InChI is InChI=1S/C28H29N5O2/c29-22-30-28(35-26-11-5-2-6-12-26)33-20-18-32(19-21-33)25-16-14-24(15-17-25)31-27(34)13-7-10-23-8-3-1-4-9-23/h1-6,8-9,11-12,14-17H,7,10,13,18-21H2,(H,31,34)/p-1. The summed E-state index contributed by atoms with van der Waals surface area (Å²) in [6.45, 7) is 2.88. The summed E-state index contributed by atoms with van der Waals surface area (Å²) in [6.07, 6.45) is 3.95. The molecule has 0 saturated carbocycles. The van der Waals surface area contributed by atoms with Crippen molar-refractivity contribution in [3.63, 3.8) is 0 Å². The number of anilines is 1. The molecule has 0 amide bonds. The molecular weight excluding hydrogens is 438 g/mol. The monoisotopic (exact) mass is 466 g/mol. The van der Waals surface area contributed by atoms with Crippen LogP contribution in [0.2, 0.25) is 0 Å². The molecule has 3 aromatic rings. The van der Waals surface area contributed by atoms with Gasteiger partial charge in [-0.05, 0) is 67.1 Å². The van der Waals surface area contributed by atoms with E-state index in [1.54, 1.807) is 0 Å². The van der Waals surface area contributed by atoms with Crippen LogP contribution in [0.25, 0.3) is 0 Å². The van der Waals surface area contributed by atoms with Gasteiger partial charge in [-0.2, -0.15) is 5.26 Å². The SMILES string of the molecule is N#CN=C(Oc1ccccc1)N1CCN(c2ccc(N=C([O-])CCCc3ccccc3)cc2)CC1. The van der Waals surface area contributed by atoms with Gasteiger partial charge in [-0.3, -0.25) is 4.99 Å². The molecule has 0 unspecified atom stereocenters. The number of piperazine rings is 1. The smallest absolute Gasteiger partial charge is 0.308 e. The minimum Gasteiger partial charge on any atom is -0.862 e. The van der Waals surface area contributed by atoms with Crippen LogP contribution in [0.4, 0.5) is 11.4 Å². The fraction of sp³-hybridized carbons (Fsp3) is 0.250. The third-order valence-corrected chi connectivity index (χ3v) is 5.82. The first kappa shape index (κ1) is 23.8. The number of hydrogen-bond donors (Lipinski definition) is 0. The van der Waals surface area contributed by atoms with Crippen molar-refractivity contribution < 1.29 is 9.84 Å². The van der Waals surface area contributed by atoms with Crippen LogP contribution in [-0.4, -0.2) is 43.0 Å². The first-order chi connectivity index (χ1) is 17.2. The Balaban J connectivity index is 1.28. The predicted octanol–water partition coefficient (Wildman–Crippen LogP) is 4.14. The zero-order chi connectivity index (χ0) is 24.3. The molecule has 0 N–H and O–H groups in total. The first-order valence-electron chi connectivity index (χ1n) is 11.8. The van der Waals surface area contributed by atoms with Crippen molar-refractivity contribution in [1.29, 1.82) is 5.26 Å². The maximum Gasteiger partial charge on any atom is 0.308 e. The normalized spacial score (nSPS) is 14.5. The molecule has 1 heterocycles. The maximum atomic E-state index is 12.2. The highest BCUT2D eigenvalue weighted by Gasteiger charge is 2.22. The number of aryl methyl sites for hydroxylation is 1. The molecule has 1 saturated heterocycles. The van der Waals surface area contributed by atoms with Crippen molar-refractivity contribution in [2.24, 2.45) is 9.98 Å². The van der Waals surface area contributed by atoms with Crippen molar-refractivity contribution in [3.8, 4) is 11.9 Å². The lowest BCUT2D eigenvalue weighted by atomic mass is 10.1. The summed E-state index contributed by atoms with van der Waals surface area (Å²) in [7, 11) is 0. The van der Waals surface area contributed by atoms with E-state index in [-0.39, 0.29) is 5.90 Å². The molecule has 1 aliphatic heterocycles. The lowest BCUT2D eigenvalue weighted by Crippen LogP contribution is -2.50. The Kier molecular flexibility index (Phi) is 8.33. The van der Waals surface area contributed by atoms with Crippen LogP contribution in [0.3, 0.4) is 0 Å². The van der Waals surface area contributed by atoms with E-state index in [0.29, 0.717) is 37.0 Å². The fourth-order valence-electron chi connectivity index (χ4n) is 3.98. The summed E-state index contributed by atoms with van der Waals surface area (Å²) >= 11 is 0. The zero-order valence-electron chi connectivity index (χ0n) is 19.6. The highest BCUT2D eigenvalue weighted by Crippen LogP contribution is 2.22. The van der Waals surface area contributed by atoms with Crippen LogP contribution in [0, 0.1) is 11.5 Å². The van der Waals surface area contributed by atoms with Gasteiger partial charge < -0.3 is 19.6 Å². The van der Waals surface area contributed by atoms with E-state index < -0.39 is 0 Å². The van der Waals surface area contributed by atoms with Crippen LogP contribution < -0.4 is 14.7 Å². The zero-order valence-corrected chi connectivity index (χ0v) is 19.6. The third kappa shape index (κ3) is 7.08. The van der Waals surface area contributed by atoms with Crippen molar-refractivity contribution in [2.75, 3.05) is 31.1 Å². The number of aliphatic imine (C=N–C) groups is 2. The second-order valence-corrected chi connectivity index (χ2v) is 8.24. The molecular formula is C28H28N5O2-. The van der Waals surface area contributed by atoms with Crippen LogP contribution in [0.5, 0.6) is 5.75 Å². The summed E-state index contributed by atoms with van der Waals surface area (Å²) in [5, 5.41) is 21.3. The number of amidine groups is 1. The van der Waals surface area contributed by atoms with Gasteiger partial charge >= 0.3 is 6.02 Å². The van der Waals surface area contributed by atoms with Gasteiger partial charge in [0.05, 0.1) is 5.69 Å². The van der Waals surface area contributed by atoms with Crippen LogP contribution >= 0.6 is 0 Å². The molecule has 178 valence electrons. The van der Waals surface area contributed by atoms with Crippen LogP contribution in [-0.2, 0) is 6.42 Å². The summed E-state index contributed by atoms with van der Waals surface area (Å²) in [5.41, 5.74) is 2.99.